The molecule has 0 amide bonds. The largest absolute Gasteiger partial charge is 0.305 e. The molecule has 0 unspecified atom stereocenters. The van der Waals surface area contributed by atoms with Gasteiger partial charge in [0, 0.05) is 47.9 Å². The van der Waals surface area contributed by atoms with E-state index in [0.29, 0.717) is 0 Å². The molecule has 0 spiro atoms. The molecule has 1 nitrogen and oxygen atoms in total. The van der Waals surface area contributed by atoms with Crippen LogP contribution >= 0.6 is 46.7 Å². The zero-order valence-electron chi connectivity index (χ0n) is 8.68. The van der Waals surface area contributed by atoms with Crippen molar-refractivity contribution in [2.45, 2.75) is 0 Å². The van der Waals surface area contributed by atoms with Crippen LogP contribution in [0.2, 0.25) is 0 Å². The number of rotatable bonds is 10. The monoisotopic (exact) mass is 275 g/mol. The average Bonchev–Trinajstić information content (AvgIpc) is 2.19. The van der Waals surface area contributed by atoms with Crippen molar-refractivity contribution >= 4 is 46.7 Å². The minimum atomic E-state index is 0.764. The predicted molar refractivity (Wildman–Crippen MR) is 73.6 cm³/mol. The Morgan fingerprint density at radius 3 is 1.64 bits per heavy atom. The van der Waals surface area contributed by atoms with E-state index < -0.39 is 0 Å². The average molecular weight is 276 g/mol. The molecule has 86 valence electrons. The van der Waals surface area contributed by atoms with Crippen LogP contribution in [0.25, 0.3) is 0 Å². The second-order valence-electron chi connectivity index (χ2n) is 2.91. The molecule has 0 saturated carbocycles. The highest BCUT2D eigenvalue weighted by atomic mass is 35.5. The summed E-state index contributed by atoms with van der Waals surface area (Å²) in [5, 5.41) is 0. The number of hydrogen-bond donors (Lipinski definition) is 0. The van der Waals surface area contributed by atoms with Gasteiger partial charge < -0.3 is 4.90 Å². The lowest BCUT2D eigenvalue weighted by atomic mass is 10.6. The van der Waals surface area contributed by atoms with Crippen LogP contribution in [-0.4, -0.2) is 59.8 Å². The van der Waals surface area contributed by atoms with Crippen molar-refractivity contribution in [1.82, 2.24) is 4.90 Å². The molecule has 0 aliphatic rings. The van der Waals surface area contributed by atoms with E-state index in [0.717, 1.165) is 36.4 Å². The molecule has 0 radical (unpaired) electrons. The smallest absolute Gasteiger partial charge is 0.0314 e. The summed E-state index contributed by atoms with van der Waals surface area (Å²) in [5.41, 5.74) is 0. The van der Waals surface area contributed by atoms with Crippen molar-refractivity contribution in [3.05, 3.63) is 0 Å². The first-order chi connectivity index (χ1) is 6.81. The van der Waals surface area contributed by atoms with Gasteiger partial charge in [0.1, 0.15) is 0 Å². The van der Waals surface area contributed by atoms with Gasteiger partial charge in [0.2, 0.25) is 0 Å². The van der Waals surface area contributed by atoms with Gasteiger partial charge in [-0.05, 0) is 7.05 Å². The van der Waals surface area contributed by atoms with Gasteiger partial charge in [-0.25, -0.2) is 0 Å². The topological polar surface area (TPSA) is 3.24 Å². The molecular formula is C9H19Cl2NS2. The molecule has 0 aromatic heterocycles. The first kappa shape index (κ1) is 15.2. The van der Waals surface area contributed by atoms with Gasteiger partial charge in [0.15, 0.2) is 0 Å². The second kappa shape index (κ2) is 12.3. The lowest BCUT2D eigenvalue weighted by molar-refractivity contribution is 0.380. The summed E-state index contributed by atoms with van der Waals surface area (Å²) in [6.45, 7) is 2.31. The van der Waals surface area contributed by atoms with E-state index >= 15 is 0 Å². The summed E-state index contributed by atoms with van der Waals surface area (Å²) in [5.74, 6) is 6.03. The lowest BCUT2D eigenvalue weighted by Crippen LogP contribution is -2.24. The molecule has 0 aromatic rings. The molecule has 0 atom stereocenters. The van der Waals surface area contributed by atoms with Crippen molar-refractivity contribution in [2.24, 2.45) is 0 Å². The quantitative estimate of drug-likeness (QED) is 0.446. The van der Waals surface area contributed by atoms with Crippen LogP contribution in [0.4, 0.5) is 0 Å². The Morgan fingerprint density at radius 2 is 1.29 bits per heavy atom. The fourth-order valence-electron chi connectivity index (χ4n) is 0.866. The third-order valence-corrected chi connectivity index (χ3v) is 4.43. The third-order valence-electron chi connectivity index (χ3n) is 1.68. The Hall–Kier alpha value is 1.24. The number of halogens is 2. The van der Waals surface area contributed by atoms with E-state index in [1.807, 2.05) is 23.5 Å². The van der Waals surface area contributed by atoms with E-state index in [4.69, 9.17) is 23.2 Å². The number of alkyl halides is 2. The molecule has 0 bridgehead atoms. The zero-order chi connectivity index (χ0) is 10.6. The highest BCUT2D eigenvalue weighted by Gasteiger charge is 1.97. The summed E-state index contributed by atoms with van der Waals surface area (Å²) in [6.07, 6.45) is 0. The molecule has 0 saturated heterocycles. The molecule has 0 N–H and O–H groups in total. The van der Waals surface area contributed by atoms with Gasteiger partial charge in [0.05, 0.1) is 0 Å². The van der Waals surface area contributed by atoms with Crippen molar-refractivity contribution in [3.63, 3.8) is 0 Å². The van der Waals surface area contributed by atoms with Crippen molar-refractivity contribution in [1.29, 1.82) is 0 Å². The first-order valence-corrected chi connectivity index (χ1v) is 8.15. The van der Waals surface area contributed by atoms with Gasteiger partial charge in [-0.1, -0.05) is 0 Å². The van der Waals surface area contributed by atoms with Crippen LogP contribution in [0.5, 0.6) is 0 Å². The molecule has 5 heteroatoms. The molecule has 0 fully saturated rings. The van der Waals surface area contributed by atoms with Crippen LogP contribution in [0, 0.1) is 0 Å². The Labute approximate surface area is 106 Å². The highest BCUT2D eigenvalue weighted by molar-refractivity contribution is 7.99. The van der Waals surface area contributed by atoms with E-state index in [1.54, 1.807) is 0 Å². The lowest BCUT2D eigenvalue weighted by Gasteiger charge is -2.15. The van der Waals surface area contributed by atoms with Crippen molar-refractivity contribution in [3.8, 4) is 0 Å². The van der Waals surface area contributed by atoms with Crippen molar-refractivity contribution in [2.75, 3.05) is 54.9 Å². The van der Waals surface area contributed by atoms with Gasteiger partial charge in [0.25, 0.3) is 0 Å². The van der Waals surface area contributed by atoms with Crippen molar-refractivity contribution < 1.29 is 0 Å². The maximum atomic E-state index is 5.58. The minimum Gasteiger partial charge on any atom is -0.305 e. The first-order valence-electron chi connectivity index (χ1n) is 4.77. The van der Waals surface area contributed by atoms with Gasteiger partial charge in [-0.2, -0.15) is 23.5 Å². The van der Waals surface area contributed by atoms with Crippen LogP contribution in [0.1, 0.15) is 0 Å². The maximum Gasteiger partial charge on any atom is 0.0314 e. The zero-order valence-corrected chi connectivity index (χ0v) is 11.8. The van der Waals surface area contributed by atoms with Crippen LogP contribution < -0.4 is 0 Å². The summed E-state index contributed by atoms with van der Waals surface area (Å²) >= 11 is 15.0. The van der Waals surface area contributed by atoms with Crippen LogP contribution in [0.15, 0.2) is 0 Å². The van der Waals surface area contributed by atoms with E-state index in [-0.39, 0.29) is 0 Å². The Balaban J connectivity index is 3.07. The molecule has 0 aliphatic heterocycles. The molecule has 14 heavy (non-hydrogen) atoms. The van der Waals surface area contributed by atoms with Gasteiger partial charge in [-0.15, -0.1) is 23.2 Å². The summed E-state index contributed by atoms with van der Waals surface area (Å²) in [4.78, 5) is 2.36. The minimum absolute atomic E-state index is 0.764. The number of thioether (sulfide) groups is 2. The van der Waals surface area contributed by atoms with E-state index in [1.165, 1.54) is 11.5 Å². The highest BCUT2D eigenvalue weighted by Crippen LogP contribution is 2.03. The third kappa shape index (κ3) is 11.3. The Bertz CT molecular complexity index is 105. The van der Waals surface area contributed by atoms with Crippen LogP contribution in [-0.2, 0) is 0 Å². The van der Waals surface area contributed by atoms with Crippen LogP contribution in [0.3, 0.4) is 0 Å². The van der Waals surface area contributed by atoms with Gasteiger partial charge >= 0.3 is 0 Å². The molecule has 0 aromatic carbocycles. The van der Waals surface area contributed by atoms with E-state index in [2.05, 4.69) is 11.9 Å². The predicted octanol–water partition coefficient (Wildman–Crippen LogP) is 2.86. The number of hydrogen-bond acceptors (Lipinski definition) is 3. The summed E-state index contributed by atoms with van der Waals surface area (Å²) in [7, 11) is 2.17. The maximum absolute atomic E-state index is 5.58. The molecule has 0 rings (SSSR count). The second-order valence-corrected chi connectivity index (χ2v) is 6.11. The summed E-state index contributed by atoms with van der Waals surface area (Å²) in [6, 6.07) is 0. The normalized spacial score (nSPS) is 11.1. The summed E-state index contributed by atoms with van der Waals surface area (Å²) < 4.78 is 0. The fraction of sp³-hybridized carbons (Fsp3) is 1.00. The SMILES string of the molecule is CN(CCSCCCl)CCSCCCl. The van der Waals surface area contributed by atoms with E-state index in [9.17, 15) is 0 Å². The van der Waals surface area contributed by atoms with Gasteiger partial charge in [-0.3, -0.25) is 0 Å². The number of nitrogens with zero attached hydrogens (tertiary/aromatic N) is 1. The molecular weight excluding hydrogens is 257 g/mol. The Morgan fingerprint density at radius 1 is 0.857 bits per heavy atom. The Kier molecular flexibility index (Phi) is 13.4. The molecule has 0 heterocycles. The fourth-order valence-corrected chi connectivity index (χ4v) is 3.03. The standard InChI is InChI=1S/C9H19Cl2NS2/c1-12(4-8-13-6-2-10)5-9-14-7-3-11/h2-9H2,1H3. The molecule has 0 aliphatic carbocycles.